The maximum absolute atomic E-state index is 12.4. The van der Waals surface area contributed by atoms with Crippen molar-refractivity contribution >= 4 is 27.5 Å². The molecule has 3 N–H and O–H groups in total. The lowest BCUT2D eigenvalue weighted by atomic mass is 9.93. The Morgan fingerprint density at radius 1 is 1.19 bits per heavy atom. The van der Waals surface area contributed by atoms with E-state index in [1.165, 1.54) is 38.1 Å². The highest BCUT2D eigenvalue weighted by Crippen LogP contribution is 2.16. The number of hydrogen-bond acceptors (Lipinski definition) is 4. The fraction of sp³-hybridized carbons (Fsp3) is 0.444. The van der Waals surface area contributed by atoms with Crippen molar-refractivity contribution in [3.05, 3.63) is 24.3 Å². The normalized spacial score (nSPS) is 12.7. The molecule has 0 aromatic heterocycles. The van der Waals surface area contributed by atoms with Gasteiger partial charge < -0.3 is 10.6 Å². The molecule has 0 radical (unpaired) electrons. The number of terminal acetylenes is 1. The minimum atomic E-state index is -3.90. The van der Waals surface area contributed by atoms with Crippen LogP contribution < -0.4 is 15.4 Å². The second kappa shape index (κ2) is 8.83. The molecule has 0 aliphatic rings. The third kappa shape index (κ3) is 5.58. The number of anilines is 1. The Morgan fingerprint density at radius 3 is 2.15 bits per heavy atom. The van der Waals surface area contributed by atoms with E-state index in [9.17, 15) is 18.0 Å². The molecule has 1 aromatic carbocycles. The van der Waals surface area contributed by atoms with Crippen LogP contribution in [0.3, 0.4) is 0 Å². The molecule has 0 unspecified atom stereocenters. The van der Waals surface area contributed by atoms with Crippen LogP contribution in [0.2, 0.25) is 0 Å². The lowest BCUT2D eigenvalue weighted by Crippen LogP contribution is -2.53. The first kappa shape index (κ1) is 21.7. The van der Waals surface area contributed by atoms with Crippen molar-refractivity contribution in [2.24, 2.45) is 0 Å². The van der Waals surface area contributed by atoms with E-state index in [2.05, 4.69) is 21.3 Å². The van der Waals surface area contributed by atoms with Gasteiger partial charge in [-0.05, 0) is 44.0 Å². The Bertz CT molecular complexity index is 791. The molecule has 26 heavy (non-hydrogen) atoms. The smallest absolute Gasteiger partial charge is 0.241 e. The lowest BCUT2D eigenvalue weighted by molar-refractivity contribution is -0.123. The van der Waals surface area contributed by atoms with Gasteiger partial charge in [0.25, 0.3) is 0 Å². The Kier molecular flexibility index (Phi) is 7.36. The fourth-order valence-electron chi connectivity index (χ4n) is 2.29. The second-order valence-electron chi connectivity index (χ2n) is 5.97. The van der Waals surface area contributed by atoms with Crippen molar-refractivity contribution in [2.75, 3.05) is 5.32 Å². The Labute approximate surface area is 155 Å². The number of carbonyl (C=O) groups excluding carboxylic acids is 2. The molecular weight excluding hydrogens is 354 g/mol. The van der Waals surface area contributed by atoms with Gasteiger partial charge in [-0.3, -0.25) is 9.59 Å². The predicted octanol–water partition coefficient (Wildman–Crippen LogP) is 1.62. The van der Waals surface area contributed by atoms with Gasteiger partial charge >= 0.3 is 0 Å². The van der Waals surface area contributed by atoms with Crippen LogP contribution in [0.1, 0.15) is 40.5 Å². The molecule has 1 aromatic rings. The first-order chi connectivity index (χ1) is 12.1. The number of hydrogen-bond donors (Lipinski definition) is 3. The van der Waals surface area contributed by atoms with Crippen LogP contribution in [0, 0.1) is 12.3 Å². The summed E-state index contributed by atoms with van der Waals surface area (Å²) in [7, 11) is -3.90. The van der Waals surface area contributed by atoms with E-state index >= 15 is 0 Å². The molecule has 0 saturated carbocycles. The summed E-state index contributed by atoms with van der Waals surface area (Å²) in [4.78, 5) is 23.3. The van der Waals surface area contributed by atoms with E-state index in [1.54, 1.807) is 0 Å². The zero-order chi connectivity index (χ0) is 20.0. The Balaban J connectivity index is 2.87. The zero-order valence-corrected chi connectivity index (χ0v) is 16.2. The topological polar surface area (TPSA) is 104 Å². The average molecular weight is 379 g/mol. The van der Waals surface area contributed by atoms with Crippen molar-refractivity contribution in [1.82, 2.24) is 10.0 Å². The minimum Gasteiger partial charge on any atom is -0.338 e. The summed E-state index contributed by atoms with van der Waals surface area (Å²) in [6.07, 6.45) is 6.59. The average Bonchev–Trinajstić information content (AvgIpc) is 2.59. The van der Waals surface area contributed by atoms with Gasteiger partial charge in [-0.15, -0.1) is 6.42 Å². The van der Waals surface area contributed by atoms with Gasteiger partial charge in [-0.2, -0.15) is 4.72 Å². The zero-order valence-electron chi connectivity index (χ0n) is 15.4. The maximum Gasteiger partial charge on any atom is 0.241 e. The first-order valence-electron chi connectivity index (χ1n) is 8.29. The molecule has 0 aliphatic heterocycles. The SMILES string of the molecule is C#CC(CC)(CC)NC(=O)[C@@H](C)NS(=O)(=O)c1ccc(NC(C)=O)cc1. The van der Waals surface area contributed by atoms with Crippen LogP contribution in [-0.4, -0.2) is 31.8 Å². The van der Waals surface area contributed by atoms with Crippen LogP contribution in [-0.2, 0) is 19.6 Å². The molecule has 0 aliphatic carbocycles. The highest BCUT2D eigenvalue weighted by Gasteiger charge is 2.29. The summed E-state index contributed by atoms with van der Waals surface area (Å²) in [6.45, 7) is 6.52. The van der Waals surface area contributed by atoms with E-state index in [-0.39, 0.29) is 10.8 Å². The summed E-state index contributed by atoms with van der Waals surface area (Å²) >= 11 is 0. The van der Waals surface area contributed by atoms with Crippen molar-refractivity contribution in [2.45, 2.75) is 57.0 Å². The van der Waals surface area contributed by atoms with E-state index < -0.39 is 27.5 Å². The number of amides is 2. The van der Waals surface area contributed by atoms with Crippen molar-refractivity contribution < 1.29 is 18.0 Å². The van der Waals surface area contributed by atoms with Crippen molar-refractivity contribution in [3.63, 3.8) is 0 Å². The van der Waals surface area contributed by atoms with Gasteiger partial charge in [0.2, 0.25) is 21.8 Å². The third-order valence-electron chi connectivity index (χ3n) is 4.06. The number of carbonyl (C=O) groups is 2. The predicted molar refractivity (Wildman–Crippen MR) is 101 cm³/mol. The standard InChI is InChI=1S/C18H25N3O4S/c1-6-18(7-2,8-3)20-17(23)13(4)21-26(24,25)16-11-9-15(10-12-16)19-14(5)22/h1,9-13,21H,7-8H2,2-5H3,(H,19,22)(H,20,23)/t13-/m1/s1. The number of nitrogens with one attached hydrogen (secondary N) is 3. The fourth-order valence-corrected chi connectivity index (χ4v) is 3.49. The summed E-state index contributed by atoms with van der Waals surface area (Å²) in [5.74, 6) is 1.82. The van der Waals surface area contributed by atoms with Crippen LogP contribution >= 0.6 is 0 Å². The molecule has 1 atom stereocenters. The molecular formula is C18H25N3O4S. The third-order valence-corrected chi connectivity index (χ3v) is 5.61. The summed E-state index contributed by atoms with van der Waals surface area (Å²) in [5.41, 5.74) is -0.316. The number of rotatable bonds is 8. The van der Waals surface area contributed by atoms with Gasteiger partial charge in [0, 0.05) is 12.6 Å². The van der Waals surface area contributed by atoms with Crippen molar-refractivity contribution in [1.29, 1.82) is 0 Å². The monoisotopic (exact) mass is 379 g/mol. The van der Waals surface area contributed by atoms with E-state index in [1.807, 2.05) is 13.8 Å². The highest BCUT2D eigenvalue weighted by molar-refractivity contribution is 7.89. The largest absolute Gasteiger partial charge is 0.338 e. The van der Waals surface area contributed by atoms with E-state index in [0.29, 0.717) is 18.5 Å². The lowest BCUT2D eigenvalue weighted by Gasteiger charge is -2.28. The summed E-state index contributed by atoms with van der Waals surface area (Å²) < 4.78 is 27.2. The van der Waals surface area contributed by atoms with Gasteiger partial charge in [-0.25, -0.2) is 8.42 Å². The molecule has 2 amide bonds. The van der Waals surface area contributed by atoms with E-state index in [0.717, 1.165) is 0 Å². The summed E-state index contributed by atoms with van der Waals surface area (Å²) in [6, 6.07) is 4.64. The Morgan fingerprint density at radius 2 is 1.73 bits per heavy atom. The van der Waals surface area contributed by atoms with Crippen molar-refractivity contribution in [3.8, 4) is 12.3 Å². The molecule has 1 rings (SSSR count). The molecule has 8 heteroatoms. The van der Waals surface area contributed by atoms with Crippen LogP contribution in [0.15, 0.2) is 29.2 Å². The van der Waals surface area contributed by atoms with Crippen LogP contribution in [0.4, 0.5) is 5.69 Å². The van der Waals surface area contributed by atoms with Crippen LogP contribution in [0.25, 0.3) is 0 Å². The maximum atomic E-state index is 12.4. The molecule has 0 fully saturated rings. The molecule has 142 valence electrons. The minimum absolute atomic E-state index is 0.0135. The molecule has 0 bridgehead atoms. The second-order valence-corrected chi connectivity index (χ2v) is 7.69. The number of benzene rings is 1. The molecule has 7 nitrogen and oxygen atoms in total. The summed E-state index contributed by atoms with van der Waals surface area (Å²) in [5, 5.41) is 5.29. The van der Waals surface area contributed by atoms with Gasteiger partial charge in [0.05, 0.1) is 10.9 Å². The van der Waals surface area contributed by atoms with Gasteiger partial charge in [0.15, 0.2) is 0 Å². The van der Waals surface area contributed by atoms with Gasteiger partial charge in [-0.1, -0.05) is 19.8 Å². The number of sulfonamides is 1. The molecule has 0 spiro atoms. The first-order valence-corrected chi connectivity index (χ1v) is 9.77. The molecule has 0 heterocycles. The van der Waals surface area contributed by atoms with Crippen LogP contribution in [0.5, 0.6) is 0 Å². The van der Waals surface area contributed by atoms with E-state index in [4.69, 9.17) is 6.42 Å². The van der Waals surface area contributed by atoms with Gasteiger partial charge in [0.1, 0.15) is 5.54 Å². The quantitative estimate of drug-likeness (QED) is 0.597. The Hall–Kier alpha value is -2.37. The highest BCUT2D eigenvalue weighted by atomic mass is 32.2. The molecule has 0 saturated heterocycles.